The van der Waals surface area contributed by atoms with Crippen molar-refractivity contribution in [3.05, 3.63) is 83.0 Å². The second-order valence-corrected chi connectivity index (χ2v) is 6.98. The van der Waals surface area contributed by atoms with Crippen molar-refractivity contribution >= 4 is 29.3 Å². The van der Waals surface area contributed by atoms with Crippen molar-refractivity contribution in [1.82, 2.24) is 4.98 Å². The molecule has 0 bridgehead atoms. The van der Waals surface area contributed by atoms with Crippen LogP contribution in [0.1, 0.15) is 24.0 Å². The van der Waals surface area contributed by atoms with Gasteiger partial charge >= 0.3 is 5.97 Å². The number of esters is 1. The van der Waals surface area contributed by atoms with Crippen LogP contribution in [0.5, 0.6) is 11.5 Å². The van der Waals surface area contributed by atoms with E-state index < -0.39 is 23.9 Å². The first-order chi connectivity index (χ1) is 14.0. The number of benzene rings is 2. The Balaban J connectivity index is 1.53. The first-order valence-electron chi connectivity index (χ1n) is 9.01. The summed E-state index contributed by atoms with van der Waals surface area (Å²) in [6, 6.07) is 17.8. The Kier molecular flexibility index (Phi) is 5.18. The van der Waals surface area contributed by atoms with E-state index in [2.05, 4.69) is 10.3 Å². The van der Waals surface area contributed by atoms with Crippen LogP contribution in [0.4, 0.5) is 5.82 Å². The summed E-state index contributed by atoms with van der Waals surface area (Å²) in [5, 5.41) is 3.06. The number of para-hydroxylation sites is 2. The molecule has 2 heterocycles. The fourth-order valence-electron chi connectivity index (χ4n) is 3.14. The topological polar surface area (TPSA) is 77.5 Å². The Labute approximate surface area is 172 Å². The number of ether oxygens (including phenoxy) is 2. The molecule has 0 fully saturated rings. The van der Waals surface area contributed by atoms with Gasteiger partial charge in [-0.05, 0) is 31.2 Å². The molecule has 146 valence electrons. The summed E-state index contributed by atoms with van der Waals surface area (Å²) in [5.41, 5.74) is 1.39. The smallest absolute Gasteiger partial charge is 0.318 e. The highest BCUT2D eigenvalue weighted by Gasteiger charge is 2.35. The Morgan fingerprint density at radius 1 is 1.03 bits per heavy atom. The van der Waals surface area contributed by atoms with Gasteiger partial charge in [0.05, 0.1) is 5.02 Å². The highest BCUT2D eigenvalue weighted by atomic mass is 35.5. The molecule has 1 aliphatic heterocycles. The lowest BCUT2D eigenvalue weighted by atomic mass is 9.88. The van der Waals surface area contributed by atoms with Crippen molar-refractivity contribution in [3.8, 4) is 11.5 Å². The van der Waals surface area contributed by atoms with Gasteiger partial charge in [0.15, 0.2) is 6.10 Å². The molecule has 2 aromatic carbocycles. The average molecular weight is 409 g/mol. The van der Waals surface area contributed by atoms with Gasteiger partial charge in [0, 0.05) is 17.3 Å². The van der Waals surface area contributed by atoms with E-state index in [1.165, 1.54) is 13.1 Å². The molecular formula is C22H17ClN2O4. The number of carbonyl (C=O) groups excluding carboxylic acids is 2. The summed E-state index contributed by atoms with van der Waals surface area (Å²) in [7, 11) is 0. The lowest BCUT2D eigenvalue weighted by Gasteiger charge is -2.27. The highest BCUT2D eigenvalue weighted by molar-refractivity contribution is 6.30. The van der Waals surface area contributed by atoms with Crippen molar-refractivity contribution in [2.24, 2.45) is 0 Å². The number of nitrogens with zero attached hydrogens (tertiary/aromatic N) is 1. The molecule has 7 heteroatoms. The quantitative estimate of drug-likeness (QED) is 0.641. The van der Waals surface area contributed by atoms with Crippen LogP contribution in [0, 0.1) is 0 Å². The number of amides is 1. The van der Waals surface area contributed by atoms with Gasteiger partial charge in [-0.1, -0.05) is 48.0 Å². The van der Waals surface area contributed by atoms with Gasteiger partial charge in [0.1, 0.15) is 23.2 Å². The number of hydrogen-bond acceptors (Lipinski definition) is 5. The first-order valence-corrected chi connectivity index (χ1v) is 9.39. The molecular weight excluding hydrogens is 392 g/mol. The highest BCUT2D eigenvalue weighted by Crippen LogP contribution is 2.44. The molecule has 0 saturated carbocycles. The van der Waals surface area contributed by atoms with Crippen LogP contribution in [0.25, 0.3) is 0 Å². The fourth-order valence-corrected chi connectivity index (χ4v) is 3.25. The van der Waals surface area contributed by atoms with Crippen molar-refractivity contribution in [2.75, 3.05) is 5.32 Å². The minimum absolute atomic E-state index is 0.323. The SMILES string of the molecule is C[C@@H](OC(=O)C1c2ccccc2Oc2ccccc21)C(=O)Nc1ccc(Cl)cn1. The van der Waals surface area contributed by atoms with E-state index in [0.29, 0.717) is 33.5 Å². The van der Waals surface area contributed by atoms with Crippen LogP contribution in [0.15, 0.2) is 66.9 Å². The minimum Gasteiger partial charge on any atom is -0.457 e. The summed E-state index contributed by atoms with van der Waals surface area (Å²) in [6.07, 6.45) is 0.408. The monoisotopic (exact) mass is 408 g/mol. The van der Waals surface area contributed by atoms with Crippen LogP contribution in [0.3, 0.4) is 0 Å². The molecule has 1 aromatic heterocycles. The van der Waals surface area contributed by atoms with Crippen molar-refractivity contribution in [3.63, 3.8) is 0 Å². The second kappa shape index (κ2) is 7.93. The molecule has 29 heavy (non-hydrogen) atoms. The third-order valence-corrected chi connectivity index (χ3v) is 4.78. The van der Waals surface area contributed by atoms with E-state index in [1.807, 2.05) is 36.4 Å². The summed E-state index contributed by atoms with van der Waals surface area (Å²) < 4.78 is 11.4. The number of aromatic nitrogens is 1. The molecule has 1 aliphatic rings. The van der Waals surface area contributed by atoms with Crippen LogP contribution in [-0.4, -0.2) is 23.0 Å². The van der Waals surface area contributed by atoms with Crippen LogP contribution in [0.2, 0.25) is 5.02 Å². The lowest BCUT2D eigenvalue weighted by Crippen LogP contribution is -2.33. The maximum absolute atomic E-state index is 13.0. The Morgan fingerprint density at radius 3 is 2.24 bits per heavy atom. The third-order valence-electron chi connectivity index (χ3n) is 4.56. The van der Waals surface area contributed by atoms with Crippen molar-refractivity contribution in [1.29, 1.82) is 0 Å². The fraction of sp³-hybridized carbons (Fsp3) is 0.136. The van der Waals surface area contributed by atoms with E-state index >= 15 is 0 Å². The number of rotatable bonds is 4. The Bertz CT molecular complexity index is 1020. The molecule has 0 unspecified atom stereocenters. The molecule has 4 rings (SSSR count). The first kappa shape index (κ1) is 19.0. The number of fused-ring (bicyclic) bond motifs is 2. The zero-order valence-electron chi connectivity index (χ0n) is 15.5. The number of halogens is 1. The van der Waals surface area contributed by atoms with Gasteiger partial charge in [0.2, 0.25) is 0 Å². The number of carbonyl (C=O) groups is 2. The zero-order chi connectivity index (χ0) is 20.4. The molecule has 0 spiro atoms. The van der Waals surface area contributed by atoms with E-state index in [1.54, 1.807) is 24.3 Å². The Morgan fingerprint density at radius 2 is 1.66 bits per heavy atom. The molecule has 3 aromatic rings. The maximum atomic E-state index is 13.0. The van der Waals surface area contributed by atoms with E-state index in [0.717, 1.165) is 0 Å². The van der Waals surface area contributed by atoms with E-state index in [-0.39, 0.29) is 0 Å². The van der Waals surface area contributed by atoms with Crippen LogP contribution in [-0.2, 0) is 14.3 Å². The Hall–Kier alpha value is -3.38. The van der Waals surface area contributed by atoms with Gasteiger partial charge in [-0.3, -0.25) is 9.59 Å². The molecule has 1 N–H and O–H groups in total. The summed E-state index contributed by atoms with van der Waals surface area (Å²) >= 11 is 5.79. The number of pyridine rings is 1. The molecule has 0 saturated heterocycles. The van der Waals surface area contributed by atoms with Crippen molar-refractivity contribution in [2.45, 2.75) is 18.9 Å². The predicted octanol–water partition coefficient (Wildman–Crippen LogP) is 4.54. The van der Waals surface area contributed by atoms with E-state index in [4.69, 9.17) is 21.1 Å². The average Bonchev–Trinajstić information content (AvgIpc) is 2.73. The standard InChI is InChI=1S/C22H17ClN2O4/c1-13(21(26)25-19-11-10-14(23)12-24-19)28-22(27)20-15-6-2-4-8-17(15)29-18-9-5-3-7-16(18)20/h2-13,20H,1H3,(H,24,25,26)/t13-/m1/s1. The summed E-state index contributed by atoms with van der Waals surface area (Å²) in [6.45, 7) is 1.51. The third kappa shape index (κ3) is 3.93. The lowest BCUT2D eigenvalue weighted by molar-refractivity contribution is -0.153. The summed E-state index contributed by atoms with van der Waals surface area (Å²) in [5.74, 6) is -0.183. The van der Waals surface area contributed by atoms with Crippen molar-refractivity contribution < 1.29 is 19.1 Å². The largest absolute Gasteiger partial charge is 0.457 e. The molecule has 6 nitrogen and oxygen atoms in total. The summed E-state index contributed by atoms with van der Waals surface area (Å²) in [4.78, 5) is 29.5. The van der Waals surface area contributed by atoms with Gasteiger partial charge < -0.3 is 14.8 Å². The van der Waals surface area contributed by atoms with Crippen LogP contribution >= 0.6 is 11.6 Å². The molecule has 1 amide bonds. The minimum atomic E-state index is -1.01. The van der Waals surface area contributed by atoms with Crippen LogP contribution < -0.4 is 10.1 Å². The molecule has 1 atom stereocenters. The number of hydrogen-bond donors (Lipinski definition) is 1. The molecule has 0 aliphatic carbocycles. The second-order valence-electron chi connectivity index (χ2n) is 6.54. The van der Waals surface area contributed by atoms with Gasteiger partial charge in [-0.15, -0.1) is 0 Å². The van der Waals surface area contributed by atoms with Gasteiger partial charge in [-0.25, -0.2) is 4.98 Å². The zero-order valence-corrected chi connectivity index (χ0v) is 16.2. The number of anilines is 1. The van der Waals surface area contributed by atoms with Gasteiger partial charge in [0.25, 0.3) is 5.91 Å². The van der Waals surface area contributed by atoms with E-state index in [9.17, 15) is 9.59 Å². The molecule has 0 radical (unpaired) electrons. The normalized spacial score (nSPS) is 13.4. The number of nitrogens with one attached hydrogen (secondary N) is 1. The predicted molar refractivity (Wildman–Crippen MR) is 108 cm³/mol. The maximum Gasteiger partial charge on any atom is 0.318 e. The van der Waals surface area contributed by atoms with Gasteiger partial charge in [-0.2, -0.15) is 0 Å².